The molecule has 0 bridgehead atoms. The van der Waals surface area contributed by atoms with Crippen molar-refractivity contribution in [2.75, 3.05) is 11.9 Å². The van der Waals surface area contributed by atoms with E-state index < -0.39 is 0 Å². The van der Waals surface area contributed by atoms with Crippen molar-refractivity contribution >= 4 is 17.5 Å². The predicted molar refractivity (Wildman–Crippen MR) is 106 cm³/mol. The van der Waals surface area contributed by atoms with Gasteiger partial charge in [-0.1, -0.05) is 31.4 Å². The Morgan fingerprint density at radius 2 is 1.63 bits per heavy atom. The third-order valence-electron chi connectivity index (χ3n) is 5.84. The second-order valence-electron chi connectivity index (χ2n) is 7.62. The van der Waals surface area contributed by atoms with E-state index in [2.05, 4.69) is 5.32 Å². The quantitative estimate of drug-likeness (QED) is 0.891. The first kappa shape index (κ1) is 17.8. The van der Waals surface area contributed by atoms with Gasteiger partial charge >= 0.3 is 0 Å². The van der Waals surface area contributed by atoms with E-state index in [4.69, 9.17) is 0 Å². The van der Waals surface area contributed by atoms with Crippen molar-refractivity contribution in [1.29, 1.82) is 0 Å². The molecular weight excluding hydrogens is 338 g/mol. The van der Waals surface area contributed by atoms with E-state index in [0.29, 0.717) is 6.54 Å². The Hall–Kier alpha value is -2.56. The molecule has 2 fully saturated rings. The lowest BCUT2D eigenvalue weighted by Gasteiger charge is -2.30. The van der Waals surface area contributed by atoms with Crippen LogP contribution >= 0.6 is 0 Å². The minimum absolute atomic E-state index is 0.0729. The summed E-state index contributed by atoms with van der Waals surface area (Å²) in [5.41, 5.74) is 1.70. The van der Waals surface area contributed by atoms with Crippen LogP contribution in [-0.2, 0) is 9.59 Å². The molecule has 1 aliphatic heterocycles. The van der Waals surface area contributed by atoms with Gasteiger partial charge in [0.2, 0.25) is 11.8 Å². The highest BCUT2D eigenvalue weighted by molar-refractivity contribution is 5.99. The third kappa shape index (κ3) is 3.77. The number of nitrogens with one attached hydrogen (secondary N) is 1. The highest BCUT2D eigenvalue weighted by atomic mass is 16.2. The van der Waals surface area contributed by atoms with Crippen LogP contribution in [0.1, 0.15) is 44.9 Å². The molecule has 1 saturated heterocycles. The minimum atomic E-state index is -0.350. The van der Waals surface area contributed by atoms with Crippen molar-refractivity contribution in [2.45, 2.75) is 51.0 Å². The number of carbonyl (C=O) groups is 2. The summed E-state index contributed by atoms with van der Waals surface area (Å²) in [7, 11) is 0. The van der Waals surface area contributed by atoms with E-state index in [1.807, 2.05) is 58.3 Å². The Morgan fingerprint density at radius 1 is 0.889 bits per heavy atom. The van der Waals surface area contributed by atoms with Gasteiger partial charge in [0.25, 0.3) is 0 Å². The number of aromatic nitrogens is 1. The van der Waals surface area contributed by atoms with Gasteiger partial charge in [-0.25, -0.2) is 0 Å². The fourth-order valence-electron chi connectivity index (χ4n) is 4.40. The Bertz CT molecular complexity index is 794. The number of carbonyl (C=O) groups excluding carboxylic acids is 2. The number of likely N-dealkylation sites (tertiary alicyclic amines) is 1. The zero-order chi connectivity index (χ0) is 18.6. The first-order valence-electron chi connectivity index (χ1n) is 10.1. The summed E-state index contributed by atoms with van der Waals surface area (Å²) in [6, 6.07) is 11.3. The lowest BCUT2D eigenvalue weighted by molar-refractivity contribution is -0.141. The summed E-state index contributed by atoms with van der Waals surface area (Å²) < 4.78 is 1.98. The molecule has 1 aromatic carbocycles. The largest absolute Gasteiger partial charge is 0.330 e. The fourth-order valence-corrected chi connectivity index (χ4v) is 4.40. The maximum atomic E-state index is 13.0. The summed E-state index contributed by atoms with van der Waals surface area (Å²) in [5.74, 6) is 0.224. The van der Waals surface area contributed by atoms with Crippen LogP contribution in [0, 0.1) is 5.92 Å². The van der Waals surface area contributed by atoms with Crippen LogP contribution in [0.4, 0.5) is 5.69 Å². The van der Waals surface area contributed by atoms with Gasteiger partial charge in [0.1, 0.15) is 6.04 Å². The molecule has 1 aliphatic carbocycles. The smallest absolute Gasteiger partial charge is 0.247 e. The Balaban J connectivity index is 1.49. The number of nitrogens with zero attached hydrogens (tertiary/aromatic N) is 2. The molecule has 1 atom stereocenters. The lowest BCUT2D eigenvalue weighted by Crippen LogP contribution is -2.46. The summed E-state index contributed by atoms with van der Waals surface area (Å²) in [6.07, 6.45) is 11.0. The van der Waals surface area contributed by atoms with E-state index >= 15 is 0 Å². The Morgan fingerprint density at radius 3 is 2.41 bits per heavy atom. The van der Waals surface area contributed by atoms with E-state index in [9.17, 15) is 9.59 Å². The van der Waals surface area contributed by atoms with Crippen molar-refractivity contribution in [3.8, 4) is 5.69 Å². The van der Waals surface area contributed by atoms with Crippen LogP contribution in [0.15, 0.2) is 48.8 Å². The second-order valence-corrected chi connectivity index (χ2v) is 7.62. The number of amides is 2. The van der Waals surface area contributed by atoms with Crippen molar-refractivity contribution in [2.24, 2.45) is 5.92 Å². The topological polar surface area (TPSA) is 54.3 Å². The number of benzene rings is 1. The molecule has 5 nitrogen and oxygen atoms in total. The molecular formula is C22H27N3O2. The minimum Gasteiger partial charge on any atom is -0.330 e. The lowest BCUT2D eigenvalue weighted by atomic mass is 9.88. The molecule has 2 aliphatic rings. The van der Waals surface area contributed by atoms with Crippen LogP contribution in [0.5, 0.6) is 0 Å². The Kier molecular flexibility index (Phi) is 5.28. The zero-order valence-electron chi connectivity index (χ0n) is 15.6. The maximum absolute atomic E-state index is 13.0. The van der Waals surface area contributed by atoms with E-state index in [-0.39, 0.29) is 23.8 Å². The van der Waals surface area contributed by atoms with Crippen LogP contribution in [0.2, 0.25) is 0 Å². The number of anilines is 1. The zero-order valence-corrected chi connectivity index (χ0v) is 15.6. The molecule has 1 saturated carbocycles. The third-order valence-corrected chi connectivity index (χ3v) is 5.84. The average molecular weight is 365 g/mol. The average Bonchev–Trinajstić information content (AvgIpc) is 3.40. The second kappa shape index (κ2) is 7.99. The molecule has 27 heavy (non-hydrogen) atoms. The van der Waals surface area contributed by atoms with Crippen LogP contribution in [-0.4, -0.2) is 33.9 Å². The van der Waals surface area contributed by atoms with Crippen LogP contribution < -0.4 is 5.32 Å². The van der Waals surface area contributed by atoms with Gasteiger partial charge in [-0.15, -0.1) is 0 Å². The fraction of sp³-hybridized carbons (Fsp3) is 0.455. The summed E-state index contributed by atoms with van der Waals surface area (Å²) in [5, 5.41) is 3.07. The van der Waals surface area contributed by atoms with Crippen molar-refractivity contribution in [3.63, 3.8) is 0 Å². The van der Waals surface area contributed by atoms with Crippen molar-refractivity contribution < 1.29 is 9.59 Å². The first-order valence-corrected chi connectivity index (χ1v) is 10.1. The molecule has 2 amide bonds. The summed E-state index contributed by atoms with van der Waals surface area (Å²) in [6.45, 7) is 0.701. The van der Waals surface area contributed by atoms with Crippen LogP contribution in [0.3, 0.4) is 0 Å². The molecule has 0 unspecified atom stereocenters. The number of rotatable bonds is 4. The van der Waals surface area contributed by atoms with Crippen molar-refractivity contribution in [3.05, 3.63) is 48.8 Å². The molecule has 2 heterocycles. The Labute approximate surface area is 160 Å². The summed E-state index contributed by atoms with van der Waals surface area (Å²) in [4.78, 5) is 27.8. The molecule has 4 rings (SSSR count). The highest BCUT2D eigenvalue weighted by Gasteiger charge is 2.37. The maximum Gasteiger partial charge on any atom is 0.247 e. The number of hydrogen-bond acceptors (Lipinski definition) is 2. The van der Waals surface area contributed by atoms with Gasteiger partial charge < -0.3 is 14.8 Å². The van der Waals surface area contributed by atoms with E-state index in [1.54, 1.807) is 0 Å². The number of hydrogen-bond donors (Lipinski definition) is 1. The SMILES string of the molecule is O=C(Nc1ccccc1-n1cccc1)[C@@H]1CCCN1C(=O)C1CCCCC1. The van der Waals surface area contributed by atoms with Gasteiger partial charge in [-0.3, -0.25) is 9.59 Å². The highest BCUT2D eigenvalue weighted by Crippen LogP contribution is 2.29. The molecule has 142 valence electrons. The molecule has 0 radical (unpaired) electrons. The first-order chi connectivity index (χ1) is 13.2. The molecule has 2 aromatic rings. The van der Waals surface area contributed by atoms with Gasteiger partial charge in [0.15, 0.2) is 0 Å². The molecule has 1 aromatic heterocycles. The van der Waals surface area contributed by atoms with Gasteiger partial charge in [0, 0.05) is 24.9 Å². The van der Waals surface area contributed by atoms with Crippen molar-refractivity contribution in [1.82, 2.24) is 9.47 Å². The van der Waals surface area contributed by atoms with Gasteiger partial charge in [-0.2, -0.15) is 0 Å². The normalized spacial score (nSPS) is 20.6. The van der Waals surface area contributed by atoms with Gasteiger partial charge in [0.05, 0.1) is 11.4 Å². The molecule has 1 N–H and O–H groups in total. The number of para-hydroxylation sites is 2. The monoisotopic (exact) mass is 365 g/mol. The van der Waals surface area contributed by atoms with E-state index in [1.165, 1.54) is 6.42 Å². The predicted octanol–water partition coefficient (Wildman–Crippen LogP) is 3.99. The van der Waals surface area contributed by atoms with E-state index in [0.717, 1.165) is 49.9 Å². The molecule has 0 spiro atoms. The van der Waals surface area contributed by atoms with Crippen LogP contribution in [0.25, 0.3) is 5.69 Å². The molecule has 5 heteroatoms. The standard InChI is InChI=1S/C22H27N3O2/c26-21(23-18-11-4-5-12-19(18)24-14-6-7-15-24)20-13-8-16-25(20)22(27)17-9-2-1-3-10-17/h4-7,11-12,14-15,17,20H,1-3,8-10,13,16H2,(H,23,26)/t20-/m0/s1. The summed E-state index contributed by atoms with van der Waals surface area (Å²) >= 11 is 0. The van der Waals surface area contributed by atoms with Gasteiger partial charge in [-0.05, 0) is 49.9 Å².